The van der Waals surface area contributed by atoms with E-state index in [4.69, 9.17) is 4.74 Å². The van der Waals surface area contributed by atoms with E-state index in [1.165, 1.54) is 0 Å². The second-order valence-corrected chi connectivity index (χ2v) is 7.27. The molecule has 3 aromatic rings. The highest BCUT2D eigenvalue weighted by Crippen LogP contribution is 2.18. The van der Waals surface area contributed by atoms with E-state index in [2.05, 4.69) is 20.8 Å². The number of hydrogen-bond acceptors (Lipinski definition) is 6. The number of methoxy groups -OCH3 is 1. The molecule has 162 valence electrons. The number of thioether (sulfide) groups is 1. The molecule has 2 amide bonds. The Balaban J connectivity index is 1.52. The van der Waals surface area contributed by atoms with Gasteiger partial charge < -0.3 is 19.9 Å². The molecule has 31 heavy (non-hydrogen) atoms. The number of hydrogen-bond donors (Lipinski definition) is 2. The average molecular weight is 447 g/mol. The lowest BCUT2D eigenvalue weighted by Gasteiger charge is -2.07. The molecule has 2 N–H and O–H groups in total. The molecule has 2 aromatic carbocycles. The standard InChI is InChI=1S/C20H19F2N5O3S/c1-27-17(10-23-19(29)12-3-6-14(30-2)7-4-12)25-26-20(27)31-11-18(28)24-16-8-5-13(21)9-15(16)22/h3-9H,10-11H2,1-2H3,(H,23,29)(H,24,28). The molecule has 0 aliphatic heterocycles. The lowest BCUT2D eigenvalue weighted by atomic mass is 10.2. The zero-order valence-corrected chi connectivity index (χ0v) is 17.5. The SMILES string of the molecule is COc1ccc(C(=O)NCc2nnc(SCC(=O)Nc3ccc(F)cc3F)n2C)cc1. The fourth-order valence-corrected chi connectivity index (χ4v) is 3.27. The Morgan fingerprint density at radius 3 is 2.55 bits per heavy atom. The number of nitrogens with one attached hydrogen (secondary N) is 2. The van der Waals surface area contributed by atoms with Crippen molar-refractivity contribution in [3.05, 3.63) is 65.5 Å². The summed E-state index contributed by atoms with van der Waals surface area (Å²) in [6, 6.07) is 9.57. The molecule has 0 radical (unpaired) electrons. The van der Waals surface area contributed by atoms with Crippen LogP contribution < -0.4 is 15.4 Å². The van der Waals surface area contributed by atoms with E-state index in [-0.39, 0.29) is 23.9 Å². The summed E-state index contributed by atoms with van der Waals surface area (Å²) in [5.41, 5.74) is 0.370. The lowest BCUT2D eigenvalue weighted by molar-refractivity contribution is -0.113. The quantitative estimate of drug-likeness (QED) is 0.516. The Morgan fingerprint density at radius 2 is 1.87 bits per heavy atom. The van der Waals surface area contributed by atoms with Gasteiger partial charge in [-0.05, 0) is 36.4 Å². The third-order valence-electron chi connectivity index (χ3n) is 4.22. The first kappa shape index (κ1) is 22.2. The number of nitrogens with zero attached hydrogens (tertiary/aromatic N) is 3. The molecule has 0 atom stereocenters. The summed E-state index contributed by atoms with van der Waals surface area (Å²) < 4.78 is 33.3. The molecule has 0 bridgehead atoms. The van der Waals surface area contributed by atoms with Crippen LogP contribution in [0.2, 0.25) is 0 Å². The van der Waals surface area contributed by atoms with Crippen molar-refractivity contribution >= 4 is 29.3 Å². The van der Waals surface area contributed by atoms with Crippen LogP contribution in [0.25, 0.3) is 0 Å². The van der Waals surface area contributed by atoms with Crippen LogP contribution in [0.3, 0.4) is 0 Å². The minimum Gasteiger partial charge on any atom is -0.497 e. The number of halogens is 2. The zero-order chi connectivity index (χ0) is 22.4. The van der Waals surface area contributed by atoms with Crippen LogP contribution in [0.1, 0.15) is 16.2 Å². The summed E-state index contributed by atoms with van der Waals surface area (Å²) in [5, 5.41) is 13.6. The normalized spacial score (nSPS) is 10.6. The van der Waals surface area contributed by atoms with Crippen molar-refractivity contribution in [2.45, 2.75) is 11.7 Å². The minimum atomic E-state index is -0.855. The highest BCUT2D eigenvalue weighted by atomic mass is 32.2. The molecule has 3 rings (SSSR count). The largest absolute Gasteiger partial charge is 0.497 e. The Kier molecular flexibility index (Phi) is 7.19. The number of ether oxygens (including phenoxy) is 1. The number of carbonyl (C=O) groups is 2. The van der Waals surface area contributed by atoms with Crippen LogP contribution in [0, 0.1) is 11.6 Å². The van der Waals surface area contributed by atoms with Crippen LogP contribution in [-0.4, -0.2) is 39.4 Å². The van der Waals surface area contributed by atoms with Gasteiger partial charge in [-0.1, -0.05) is 11.8 Å². The van der Waals surface area contributed by atoms with Gasteiger partial charge >= 0.3 is 0 Å². The summed E-state index contributed by atoms with van der Waals surface area (Å²) in [4.78, 5) is 24.3. The molecular formula is C20H19F2N5O3S. The van der Waals surface area contributed by atoms with Crippen molar-refractivity contribution in [2.24, 2.45) is 7.05 Å². The fraction of sp³-hybridized carbons (Fsp3) is 0.200. The molecule has 0 spiro atoms. The summed E-state index contributed by atoms with van der Waals surface area (Å²) in [7, 11) is 3.25. The van der Waals surface area contributed by atoms with Gasteiger partial charge in [0.1, 0.15) is 17.4 Å². The lowest BCUT2D eigenvalue weighted by Crippen LogP contribution is -2.24. The summed E-state index contributed by atoms with van der Waals surface area (Å²) in [5.74, 6) is -1.25. The molecule has 0 saturated carbocycles. The molecule has 0 fully saturated rings. The Labute approximate surface area is 181 Å². The van der Waals surface area contributed by atoms with Crippen molar-refractivity contribution in [1.29, 1.82) is 0 Å². The number of aromatic nitrogens is 3. The molecule has 1 aromatic heterocycles. The number of carbonyl (C=O) groups excluding carboxylic acids is 2. The van der Waals surface area contributed by atoms with E-state index in [0.29, 0.717) is 28.4 Å². The third-order valence-corrected chi connectivity index (χ3v) is 5.24. The van der Waals surface area contributed by atoms with Gasteiger partial charge in [0, 0.05) is 18.7 Å². The van der Waals surface area contributed by atoms with Gasteiger partial charge in [-0.3, -0.25) is 9.59 Å². The zero-order valence-electron chi connectivity index (χ0n) is 16.7. The van der Waals surface area contributed by atoms with Gasteiger partial charge in [-0.25, -0.2) is 8.78 Å². The summed E-state index contributed by atoms with van der Waals surface area (Å²) in [6.07, 6.45) is 0. The van der Waals surface area contributed by atoms with Crippen LogP contribution in [0.15, 0.2) is 47.6 Å². The van der Waals surface area contributed by atoms with E-state index < -0.39 is 17.5 Å². The van der Waals surface area contributed by atoms with Gasteiger partial charge in [0.15, 0.2) is 11.0 Å². The van der Waals surface area contributed by atoms with Gasteiger partial charge in [0.05, 0.1) is 25.1 Å². The Bertz CT molecular complexity index is 1090. The first-order chi connectivity index (χ1) is 14.9. The van der Waals surface area contributed by atoms with Crippen LogP contribution in [0.5, 0.6) is 5.75 Å². The predicted molar refractivity (Wildman–Crippen MR) is 111 cm³/mol. The molecular weight excluding hydrogens is 428 g/mol. The van der Waals surface area contributed by atoms with Crippen molar-refractivity contribution in [1.82, 2.24) is 20.1 Å². The van der Waals surface area contributed by atoms with Crippen molar-refractivity contribution < 1.29 is 23.1 Å². The van der Waals surface area contributed by atoms with E-state index in [1.807, 2.05) is 0 Å². The van der Waals surface area contributed by atoms with Crippen LogP contribution >= 0.6 is 11.8 Å². The van der Waals surface area contributed by atoms with Crippen molar-refractivity contribution in [2.75, 3.05) is 18.2 Å². The maximum Gasteiger partial charge on any atom is 0.251 e. The minimum absolute atomic E-state index is 0.0546. The monoisotopic (exact) mass is 447 g/mol. The number of benzene rings is 2. The number of rotatable bonds is 8. The molecule has 0 aliphatic carbocycles. The summed E-state index contributed by atoms with van der Waals surface area (Å²) >= 11 is 1.09. The first-order valence-electron chi connectivity index (χ1n) is 9.05. The smallest absolute Gasteiger partial charge is 0.251 e. The first-order valence-corrected chi connectivity index (χ1v) is 10.0. The van der Waals surface area contributed by atoms with Crippen molar-refractivity contribution in [3.8, 4) is 5.75 Å². The van der Waals surface area contributed by atoms with Gasteiger partial charge in [0.25, 0.3) is 5.91 Å². The summed E-state index contributed by atoms with van der Waals surface area (Å²) in [6.45, 7) is 0.141. The second kappa shape index (κ2) is 10.0. The molecule has 0 aliphatic rings. The second-order valence-electron chi connectivity index (χ2n) is 6.33. The van der Waals surface area contributed by atoms with Gasteiger partial charge in [-0.2, -0.15) is 0 Å². The maximum absolute atomic E-state index is 13.6. The van der Waals surface area contributed by atoms with Crippen molar-refractivity contribution in [3.63, 3.8) is 0 Å². The maximum atomic E-state index is 13.6. The Hall–Kier alpha value is -3.47. The predicted octanol–water partition coefficient (Wildman–Crippen LogP) is 2.76. The average Bonchev–Trinajstić information content (AvgIpc) is 3.12. The molecule has 8 nitrogen and oxygen atoms in total. The van der Waals surface area contributed by atoms with Gasteiger partial charge in [-0.15, -0.1) is 10.2 Å². The Morgan fingerprint density at radius 1 is 1.13 bits per heavy atom. The number of amides is 2. The topological polar surface area (TPSA) is 98.1 Å². The van der Waals surface area contributed by atoms with E-state index in [9.17, 15) is 18.4 Å². The molecule has 0 unspecified atom stereocenters. The highest BCUT2D eigenvalue weighted by molar-refractivity contribution is 7.99. The molecule has 0 saturated heterocycles. The van der Waals surface area contributed by atoms with Gasteiger partial charge in [0.2, 0.25) is 5.91 Å². The number of anilines is 1. The van der Waals surface area contributed by atoms with E-state index in [0.717, 1.165) is 23.9 Å². The molecule has 1 heterocycles. The molecule has 11 heteroatoms. The van der Waals surface area contributed by atoms with E-state index in [1.54, 1.807) is 43.0 Å². The van der Waals surface area contributed by atoms with E-state index >= 15 is 0 Å². The van der Waals surface area contributed by atoms with Crippen LogP contribution in [-0.2, 0) is 18.4 Å². The highest BCUT2D eigenvalue weighted by Gasteiger charge is 2.14. The third kappa shape index (κ3) is 5.79. The van der Waals surface area contributed by atoms with Crippen LogP contribution in [0.4, 0.5) is 14.5 Å². The fourth-order valence-electron chi connectivity index (χ4n) is 2.54.